The first kappa shape index (κ1) is 14.8. The average molecular weight is 298 g/mol. The van der Waals surface area contributed by atoms with Crippen molar-refractivity contribution in [1.82, 2.24) is 0 Å². The molecule has 1 aromatic carbocycles. The minimum absolute atomic E-state index is 0.146. The monoisotopic (exact) mass is 298 g/mol. The van der Waals surface area contributed by atoms with Gasteiger partial charge in [0, 0.05) is 6.42 Å². The number of carboxylic acid groups (broad SMARTS) is 1. The predicted molar refractivity (Wildman–Crippen MR) is 65.1 cm³/mol. The number of carboxylic acids is 1. The molecule has 4 nitrogen and oxygen atoms in total. The molecule has 0 atom stereocenters. The van der Waals surface area contributed by atoms with Gasteiger partial charge in [-0.2, -0.15) is 13.2 Å². The van der Waals surface area contributed by atoms with E-state index >= 15 is 0 Å². The van der Waals surface area contributed by atoms with Crippen LogP contribution < -0.4 is 0 Å². The summed E-state index contributed by atoms with van der Waals surface area (Å²) < 4.78 is 42.0. The molecule has 0 unspecified atom stereocenters. The molecule has 0 amide bonds. The van der Waals surface area contributed by atoms with E-state index in [0.717, 1.165) is 18.2 Å². The van der Waals surface area contributed by atoms with Gasteiger partial charge < -0.3 is 9.52 Å². The molecule has 0 saturated carbocycles. The van der Waals surface area contributed by atoms with Crippen molar-refractivity contribution < 1.29 is 32.3 Å². The van der Waals surface area contributed by atoms with Crippen LogP contribution in [0.15, 0.2) is 40.8 Å². The summed E-state index contributed by atoms with van der Waals surface area (Å²) in [7, 11) is 0. The number of rotatable bonds is 4. The lowest BCUT2D eigenvalue weighted by atomic mass is 10.1. The quantitative estimate of drug-likeness (QED) is 0.878. The standard InChI is InChI=1S/C14H9F3O4/c15-14(16,17)9-3-1-8(2-4-9)7-10(18)11-5-6-12(21-11)13(19)20/h1-6H,7H2,(H,19,20). The van der Waals surface area contributed by atoms with Crippen molar-refractivity contribution in [3.05, 3.63) is 59.0 Å². The third-order valence-corrected chi connectivity index (χ3v) is 2.74. The zero-order valence-electron chi connectivity index (χ0n) is 10.5. The van der Waals surface area contributed by atoms with Gasteiger partial charge in [0.1, 0.15) is 0 Å². The van der Waals surface area contributed by atoms with E-state index in [1.807, 2.05) is 0 Å². The number of halogens is 3. The van der Waals surface area contributed by atoms with Gasteiger partial charge in [0.2, 0.25) is 11.5 Å². The number of carbonyl (C=O) groups excluding carboxylic acids is 1. The predicted octanol–water partition coefficient (Wildman–Crippen LogP) is 3.42. The molecule has 1 N–H and O–H groups in total. The van der Waals surface area contributed by atoms with E-state index in [-0.39, 0.29) is 17.9 Å². The van der Waals surface area contributed by atoms with E-state index < -0.39 is 23.5 Å². The highest BCUT2D eigenvalue weighted by Gasteiger charge is 2.30. The van der Waals surface area contributed by atoms with Crippen molar-refractivity contribution >= 4 is 11.8 Å². The molecule has 0 aliphatic carbocycles. The highest BCUT2D eigenvalue weighted by molar-refractivity contribution is 5.96. The Hall–Kier alpha value is -2.57. The normalized spacial score (nSPS) is 11.4. The third-order valence-electron chi connectivity index (χ3n) is 2.74. The van der Waals surface area contributed by atoms with Gasteiger partial charge in [0.05, 0.1) is 5.56 Å². The van der Waals surface area contributed by atoms with Crippen molar-refractivity contribution in [3.8, 4) is 0 Å². The maximum Gasteiger partial charge on any atom is 0.416 e. The topological polar surface area (TPSA) is 67.5 Å². The Kier molecular flexibility index (Phi) is 3.84. The maximum absolute atomic E-state index is 12.4. The van der Waals surface area contributed by atoms with Crippen LogP contribution in [0.4, 0.5) is 13.2 Å². The van der Waals surface area contributed by atoms with Gasteiger partial charge in [-0.25, -0.2) is 4.79 Å². The number of benzene rings is 1. The Labute approximate surface area is 116 Å². The summed E-state index contributed by atoms with van der Waals surface area (Å²) in [5.41, 5.74) is -0.425. The van der Waals surface area contributed by atoms with Crippen LogP contribution in [0.3, 0.4) is 0 Å². The summed E-state index contributed by atoms with van der Waals surface area (Å²) in [6, 6.07) is 6.52. The first-order valence-corrected chi connectivity index (χ1v) is 5.80. The zero-order chi connectivity index (χ0) is 15.6. The number of alkyl halides is 3. The van der Waals surface area contributed by atoms with E-state index in [9.17, 15) is 22.8 Å². The Balaban J connectivity index is 2.10. The van der Waals surface area contributed by atoms with Crippen molar-refractivity contribution in [1.29, 1.82) is 0 Å². The Morgan fingerprint density at radius 3 is 2.05 bits per heavy atom. The van der Waals surface area contributed by atoms with Crippen LogP contribution in [0.1, 0.15) is 32.2 Å². The largest absolute Gasteiger partial charge is 0.475 e. The smallest absolute Gasteiger partial charge is 0.416 e. The average Bonchev–Trinajstić information content (AvgIpc) is 2.88. The van der Waals surface area contributed by atoms with Crippen molar-refractivity contribution in [2.75, 3.05) is 0 Å². The summed E-state index contributed by atoms with van der Waals surface area (Å²) in [6.07, 6.45) is -4.61. The van der Waals surface area contributed by atoms with Gasteiger partial charge in [-0.05, 0) is 29.8 Å². The fraction of sp³-hybridized carbons (Fsp3) is 0.143. The molecule has 0 spiro atoms. The first-order valence-electron chi connectivity index (χ1n) is 5.80. The second-order valence-electron chi connectivity index (χ2n) is 4.26. The lowest BCUT2D eigenvalue weighted by molar-refractivity contribution is -0.137. The van der Waals surface area contributed by atoms with Gasteiger partial charge in [-0.3, -0.25) is 4.79 Å². The minimum Gasteiger partial charge on any atom is -0.475 e. The van der Waals surface area contributed by atoms with E-state index in [1.165, 1.54) is 18.2 Å². The molecule has 0 aliphatic heterocycles. The summed E-state index contributed by atoms with van der Waals surface area (Å²) in [4.78, 5) is 22.4. The number of ketones is 1. The maximum atomic E-state index is 12.4. The lowest BCUT2D eigenvalue weighted by Crippen LogP contribution is -2.06. The third kappa shape index (κ3) is 3.50. The van der Waals surface area contributed by atoms with E-state index in [2.05, 4.69) is 0 Å². The SMILES string of the molecule is O=C(O)c1ccc(C(=O)Cc2ccc(C(F)(F)F)cc2)o1. The molecular formula is C14H9F3O4. The van der Waals surface area contributed by atoms with Gasteiger partial charge in [0.15, 0.2) is 5.76 Å². The number of furan rings is 1. The van der Waals surface area contributed by atoms with Gasteiger partial charge in [-0.15, -0.1) is 0 Å². The van der Waals surface area contributed by atoms with Crippen LogP contribution in [-0.2, 0) is 12.6 Å². The van der Waals surface area contributed by atoms with Crippen LogP contribution >= 0.6 is 0 Å². The summed E-state index contributed by atoms with van der Waals surface area (Å²) in [5.74, 6) is -2.33. The molecule has 1 heterocycles. The number of hydrogen-bond acceptors (Lipinski definition) is 3. The van der Waals surface area contributed by atoms with Gasteiger partial charge in [-0.1, -0.05) is 12.1 Å². The number of hydrogen-bond donors (Lipinski definition) is 1. The molecule has 0 bridgehead atoms. The Bertz CT molecular complexity index is 668. The van der Waals surface area contributed by atoms with Gasteiger partial charge in [0.25, 0.3) is 0 Å². The minimum atomic E-state index is -4.43. The molecule has 110 valence electrons. The molecule has 0 saturated heterocycles. The summed E-state index contributed by atoms with van der Waals surface area (Å²) in [5, 5.41) is 8.66. The molecule has 21 heavy (non-hydrogen) atoms. The second-order valence-corrected chi connectivity index (χ2v) is 4.26. The molecular weight excluding hydrogens is 289 g/mol. The first-order chi connectivity index (χ1) is 9.77. The molecule has 2 rings (SSSR count). The molecule has 7 heteroatoms. The van der Waals surface area contributed by atoms with E-state index in [1.54, 1.807) is 0 Å². The molecule has 1 aromatic heterocycles. The number of Topliss-reactive ketones (excluding diaryl/α,β-unsaturated/α-hetero) is 1. The molecule has 0 radical (unpaired) electrons. The highest BCUT2D eigenvalue weighted by atomic mass is 19.4. The van der Waals surface area contributed by atoms with Crippen LogP contribution in [0.5, 0.6) is 0 Å². The van der Waals surface area contributed by atoms with E-state index in [0.29, 0.717) is 5.56 Å². The van der Waals surface area contributed by atoms with Crippen LogP contribution in [-0.4, -0.2) is 16.9 Å². The molecule has 0 fully saturated rings. The zero-order valence-corrected chi connectivity index (χ0v) is 10.5. The Morgan fingerprint density at radius 1 is 1.00 bits per heavy atom. The van der Waals surface area contributed by atoms with Crippen molar-refractivity contribution in [3.63, 3.8) is 0 Å². The fourth-order valence-corrected chi connectivity index (χ4v) is 1.69. The van der Waals surface area contributed by atoms with Crippen molar-refractivity contribution in [2.45, 2.75) is 12.6 Å². The summed E-state index contributed by atoms with van der Waals surface area (Å²) in [6.45, 7) is 0. The summed E-state index contributed by atoms with van der Waals surface area (Å²) >= 11 is 0. The lowest BCUT2D eigenvalue weighted by Gasteiger charge is -2.06. The fourth-order valence-electron chi connectivity index (χ4n) is 1.69. The van der Waals surface area contributed by atoms with Gasteiger partial charge >= 0.3 is 12.1 Å². The number of aromatic carboxylic acids is 1. The van der Waals surface area contributed by atoms with E-state index in [4.69, 9.17) is 9.52 Å². The Morgan fingerprint density at radius 2 is 1.57 bits per heavy atom. The molecule has 2 aromatic rings. The highest BCUT2D eigenvalue weighted by Crippen LogP contribution is 2.29. The second kappa shape index (κ2) is 5.43. The molecule has 0 aliphatic rings. The van der Waals surface area contributed by atoms with Crippen LogP contribution in [0.2, 0.25) is 0 Å². The van der Waals surface area contributed by atoms with Crippen molar-refractivity contribution in [2.24, 2.45) is 0 Å². The van der Waals surface area contributed by atoms with Crippen LogP contribution in [0, 0.1) is 0 Å². The number of carbonyl (C=O) groups is 2. The van der Waals surface area contributed by atoms with Crippen LogP contribution in [0.25, 0.3) is 0 Å².